The summed E-state index contributed by atoms with van der Waals surface area (Å²) in [5.41, 5.74) is 0. The summed E-state index contributed by atoms with van der Waals surface area (Å²) in [5, 5.41) is 0. The minimum Gasteiger partial charge on any atom is 0 e. The molecule has 0 rings (SSSR count). The van der Waals surface area contributed by atoms with Crippen LogP contribution in [0.3, 0.4) is 0 Å². The van der Waals surface area contributed by atoms with Crippen LogP contribution < -0.4 is 0 Å². The minimum absolute atomic E-state index is 0. The summed E-state index contributed by atoms with van der Waals surface area (Å²) >= 11 is 0. The van der Waals surface area contributed by atoms with Crippen LogP contribution in [0.1, 0.15) is 0 Å². The standard InChI is InChI=1S/5Ag.Co. The van der Waals surface area contributed by atoms with Crippen molar-refractivity contribution in [3.8, 4) is 0 Å². The fourth-order valence-corrected chi connectivity index (χ4v) is 0. The topological polar surface area (TPSA) is 0 Å². The third kappa shape index (κ3) is 24.1. The maximum Gasteiger partial charge on any atom is 0 e. The normalized spacial score (nSPS) is 0. The van der Waals surface area contributed by atoms with Crippen molar-refractivity contribution in [2.45, 2.75) is 0 Å². The molecule has 0 nitrogen and oxygen atoms in total. The number of hydrogen-bond acceptors (Lipinski definition) is 0. The molecule has 0 aromatic carbocycles. The van der Waals surface area contributed by atoms with Crippen molar-refractivity contribution in [1.29, 1.82) is 0 Å². The molecule has 0 aromatic heterocycles. The first-order valence-electron chi connectivity index (χ1n) is 0. The summed E-state index contributed by atoms with van der Waals surface area (Å²) in [6, 6.07) is 0. The van der Waals surface area contributed by atoms with Gasteiger partial charge in [-0.1, -0.05) is 0 Å². The molecule has 6 heteroatoms. The van der Waals surface area contributed by atoms with Gasteiger partial charge in [-0.05, 0) is 0 Å². The molecule has 0 aromatic rings. The molecule has 0 aliphatic carbocycles. The third-order valence-electron chi connectivity index (χ3n) is 0. The van der Waals surface area contributed by atoms with Gasteiger partial charge in [0.05, 0.1) is 0 Å². The molecule has 0 aliphatic heterocycles. The monoisotopic (exact) mass is 593 g/mol. The molecule has 64 valence electrons. The zero-order chi connectivity index (χ0) is 0. The van der Waals surface area contributed by atoms with Crippen LogP contribution in [0.4, 0.5) is 0 Å². The van der Waals surface area contributed by atoms with Crippen molar-refractivity contribution in [2.75, 3.05) is 0 Å². The van der Waals surface area contributed by atoms with Crippen molar-refractivity contribution in [3.05, 3.63) is 0 Å². The first kappa shape index (κ1) is 48.9. The third-order valence-corrected chi connectivity index (χ3v) is 0. The second kappa shape index (κ2) is 35.0. The van der Waals surface area contributed by atoms with E-state index in [9.17, 15) is 0 Å². The second-order valence-corrected chi connectivity index (χ2v) is 0. The molecule has 0 amide bonds. The summed E-state index contributed by atoms with van der Waals surface area (Å²) in [6.07, 6.45) is 0. The Balaban J connectivity index is 0. The molecule has 0 bridgehead atoms. The Hall–Kier alpha value is 4.21. The Kier molecular flexibility index (Phi) is 285. The van der Waals surface area contributed by atoms with Gasteiger partial charge in [-0.2, -0.15) is 0 Å². The average Bonchev–Trinajstić information content (AvgIpc) is 0. The van der Waals surface area contributed by atoms with Gasteiger partial charge in [-0.25, -0.2) is 0 Å². The summed E-state index contributed by atoms with van der Waals surface area (Å²) in [7, 11) is 0. The molecular weight excluding hydrogens is 598 g/mol. The van der Waals surface area contributed by atoms with Gasteiger partial charge >= 0.3 is 0 Å². The quantitative estimate of drug-likeness (QED) is 0.345. The maximum absolute atomic E-state index is 0. The van der Waals surface area contributed by atoms with Crippen molar-refractivity contribution in [2.24, 2.45) is 0 Å². The predicted octanol–water partition coefficient (Wildman–Crippen LogP) is -0.0150. The molecule has 0 heterocycles. The van der Waals surface area contributed by atoms with E-state index in [1.807, 2.05) is 0 Å². The van der Waals surface area contributed by atoms with Gasteiger partial charge in [0.1, 0.15) is 0 Å². The summed E-state index contributed by atoms with van der Waals surface area (Å²) in [5.74, 6) is 0. The molecule has 0 fully saturated rings. The van der Waals surface area contributed by atoms with Crippen LogP contribution >= 0.6 is 0 Å². The van der Waals surface area contributed by atoms with E-state index < -0.39 is 0 Å². The first-order chi connectivity index (χ1) is 0. The van der Waals surface area contributed by atoms with Crippen molar-refractivity contribution >= 4 is 0 Å². The van der Waals surface area contributed by atoms with Gasteiger partial charge in [0.2, 0.25) is 0 Å². The Morgan fingerprint density at radius 1 is 0.333 bits per heavy atom. The number of rotatable bonds is 0. The molecule has 0 saturated heterocycles. The van der Waals surface area contributed by atoms with Crippen LogP contribution in [0.15, 0.2) is 0 Å². The van der Waals surface area contributed by atoms with Crippen LogP contribution in [0.2, 0.25) is 0 Å². The van der Waals surface area contributed by atoms with Crippen LogP contribution in [0.5, 0.6) is 0 Å². The van der Waals surface area contributed by atoms with E-state index in [4.69, 9.17) is 0 Å². The van der Waals surface area contributed by atoms with Crippen LogP contribution in [0.25, 0.3) is 0 Å². The Morgan fingerprint density at radius 3 is 0.333 bits per heavy atom. The molecule has 6 heavy (non-hydrogen) atoms. The zero-order valence-electron chi connectivity index (χ0n) is 1.84. The Bertz CT molecular complexity index is 3.90. The summed E-state index contributed by atoms with van der Waals surface area (Å²) < 4.78 is 0. The molecule has 6 radical (unpaired) electrons. The molecule has 0 saturated carbocycles. The fourth-order valence-electron chi connectivity index (χ4n) is 0. The van der Waals surface area contributed by atoms with E-state index in [-0.39, 0.29) is 129 Å². The maximum atomic E-state index is 0. The van der Waals surface area contributed by atoms with Gasteiger partial charge in [0.15, 0.2) is 0 Å². The van der Waals surface area contributed by atoms with Gasteiger partial charge < -0.3 is 0 Å². The average molecular weight is 598 g/mol. The molecule has 0 spiro atoms. The summed E-state index contributed by atoms with van der Waals surface area (Å²) in [6.45, 7) is 0. The van der Waals surface area contributed by atoms with E-state index in [0.717, 1.165) is 0 Å². The smallest absolute Gasteiger partial charge is 0 e. The van der Waals surface area contributed by atoms with E-state index in [2.05, 4.69) is 0 Å². The summed E-state index contributed by atoms with van der Waals surface area (Å²) in [4.78, 5) is 0. The van der Waals surface area contributed by atoms with Crippen LogP contribution in [-0.2, 0) is 129 Å². The Morgan fingerprint density at radius 2 is 0.333 bits per heavy atom. The SMILES string of the molecule is [Ag].[Ag].[Ag].[Ag].[Ag].[Co]. The van der Waals surface area contributed by atoms with Crippen molar-refractivity contribution in [3.63, 3.8) is 0 Å². The zero-order valence-corrected chi connectivity index (χ0v) is 10.3. The van der Waals surface area contributed by atoms with Gasteiger partial charge in [-0.3, -0.25) is 0 Å². The van der Waals surface area contributed by atoms with E-state index >= 15 is 0 Å². The molecule has 0 unspecified atom stereocenters. The molecular formula is Ag5Co. The van der Waals surface area contributed by atoms with E-state index in [1.165, 1.54) is 0 Å². The van der Waals surface area contributed by atoms with E-state index in [0.29, 0.717) is 0 Å². The Labute approximate surface area is 126 Å². The second-order valence-electron chi connectivity index (χ2n) is 0. The minimum atomic E-state index is 0. The first-order valence-corrected chi connectivity index (χ1v) is 0. The predicted molar refractivity (Wildman–Crippen MR) is 0 cm³/mol. The molecule has 0 aliphatic rings. The van der Waals surface area contributed by atoms with Gasteiger partial charge in [0.25, 0.3) is 0 Å². The fraction of sp³-hybridized carbons (Fsp3) is 0. The van der Waals surface area contributed by atoms with Gasteiger partial charge in [-0.15, -0.1) is 0 Å². The van der Waals surface area contributed by atoms with Crippen LogP contribution in [-0.4, -0.2) is 0 Å². The number of hydrogen-bond donors (Lipinski definition) is 0. The van der Waals surface area contributed by atoms with Crippen molar-refractivity contribution in [1.82, 2.24) is 0 Å². The molecule has 0 N–H and O–H groups in total. The van der Waals surface area contributed by atoms with Crippen molar-refractivity contribution < 1.29 is 129 Å². The largest absolute Gasteiger partial charge is 0 e. The van der Waals surface area contributed by atoms with E-state index in [1.54, 1.807) is 0 Å². The van der Waals surface area contributed by atoms with Crippen LogP contribution in [0, 0.1) is 0 Å². The molecule has 0 atom stereocenters. The van der Waals surface area contributed by atoms with Gasteiger partial charge in [0, 0.05) is 129 Å².